The van der Waals surface area contributed by atoms with E-state index in [0.29, 0.717) is 0 Å². The fraction of sp³-hybridized carbons (Fsp3) is 0.0286. The first-order valence-electron chi connectivity index (χ1n) is 25.2. The summed E-state index contributed by atoms with van der Waals surface area (Å²) >= 11 is 0. The van der Waals surface area contributed by atoms with Crippen LogP contribution in [0, 0.1) is 0 Å². The summed E-state index contributed by atoms with van der Waals surface area (Å²) in [7, 11) is 0. The molecule has 12 aromatic carbocycles. The Morgan fingerprint density at radius 3 is 1.52 bits per heavy atom. The van der Waals surface area contributed by atoms with Gasteiger partial charge in [0.2, 0.25) is 0 Å². The molecule has 0 atom stereocenters. The van der Waals surface area contributed by atoms with Crippen LogP contribution in [0.3, 0.4) is 0 Å². The molecule has 1 aromatic heterocycles. The van der Waals surface area contributed by atoms with Crippen LogP contribution in [0.2, 0.25) is 0 Å². The Kier molecular flexibility index (Phi) is 8.30. The molecule has 0 unspecified atom stereocenters. The number of furan rings is 1. The van der Waals surface area contributed by atoms with Gasteiger partial charge in [-0.2, -0.15) is 0 Å². The Bertz CT molecular complexity index is 4310. The van der Waals surface area contributed by atoms with Gasteiger partial charge in [0.25, 0.3) is 0 Å². The Morgan fingerprint density at radius 1 is 0.301 bits per heavy atom. The SMILES string of the molecule is c1ccc(C2(c3ccccc3)c3ccccc3-c3c(N(c4ccc5c(c4)C4(c6ccccc6-5)c5ccc6ccccc6c5Oc5c4ccc4ccccc54)c4ccc5oc6ccccc6c5c4)cccc32)cc1. The summed E-state index contributed by atoms with van der Waals surface area (Å²) in [4.78, 5) is 2.52. The number of anilines is 3. The van der Waals surface area contributed by atoms with E-state index in [-0.39, 0.29) is 0 Å². The van der Waals surface area contributed by atoms with Crippen LogP contribution < -0.4 is 9.64 Å². The Labute approximate surface area is 422 Å². The summed E-state index contributed by atoms with van der Waals surface area (Å²) in [5.74, 6) is 1.81. The maximum Gasteiger partial charge on any atom is 0.140 e. The molecule has 13 aromatic rings. The van der Waals surface area contributed by atoms with Crippen molar-refractivity contribution in [2.45, 2.75) is 10.8 Å². The second-order valence-corrected chi connectivity index (χ2v) is 19.8. The Morgan fingerprint density at radius 2 is 0.822 bits per heavy atom. The molecule has 3 nitrogen and oxygen atoms in total. The number of nitrogens with zero attached hydrogens (tertiary/aromatic N) is 1. The lowest BCUT2D eigenvalue weighted by atomic mass is 9.65. The van der Waals surface area contributed by atoms with Crippen LogP contribution in [0.15, 0.2) is 265 Å². The molecule has 3 aliphatic rings. The van der Waals surface area contributed by atoms with Crippen LogP contribution in [0.1, 0.15) is 44.5 Å². The van der Waals surface area contributed by atoms with Gasteiger partial charge in [0, 0.05) is 49.6 Å². The van der Waals surface area contributed by atoms with Crippen molar-refractivity contribution >= 4 is 60.5 Å². The van der Waals surface area contributed by atoms with Gasteiger partial charge >= 0.3 is 0 Å². The molecular formula is C70H43NO2. The minimum absolute atomic E-state index is 0.578. The van der Waals surface area contributed by atoms with Crippen LogP contribution in [0.25, 0.3) is 65.7 Å². The molecule has 0 saturated heterocycles. The first-order valence-corrected chi connectivity index (χ1v) is 25.2. The molecule has 73 heavy (non-hydrogen) atoms. The zero-order valence-corrected chi connectivity index (χ0v) is 39.6. The van der Waals surface area contributed by atoms with Crippen LogP contribution in [-0.2, 0) is 10.8 Å². The van der Waals surface area contributed by atoms with Gasteiger partial charge in [0.1, 0.15) is 22.7 Å². The lowest BCUT2D eigenvalue weighted by Crippen LogP contribution is -2.32. The van der Waals surface area contributed by atoms with Gasteiger partial charge < -0.3 is 14.1 Å². The minimum atomic E-state index is -0.726. The quantitative estimate of drug-likeness (QED) is 0.172. The number of benzene rings is 12. The third-order valence-electron chi connectivity index (χ3n) is 16.4. The van der Waals surface area contributed by atoms with Crippen LogP contribution in [0.5, 0.6) is 11.5 Å². The van der Waals surface area contributed by atoms with Crippen molar-refractivity contribution < 1.29 is 9.15 Å². The first-order chi connectivity index (χ1) is 36.2. The van der Waals surface area contributed by atoms with Gasteiger partial charge in [-0.25, -0.2) is 0 Å². The lowest BCUT2D eigenvalue weighted by Gasteiger charge is -2.40. The fourth-order valence-electron chi connectivity index (χ4n) is 13.5. The molecule has 0 bridgehead atoms. The molecule has 0 fully saturated rings. The molecule has 2 aliphatic carbocycles. The van der Waals surface area contributed by atoms with E-state index in [2.05, 4.69) is 260 Å². The molecule has 0 radical (unpaired) electrons. The van der Waals surface area contributed by atoms with Gasteiger partial charge in [-0.15, -0.1) is 0 Å². The Hall–Kier alpha value is -9.44. The smallest absolute Gasteiger partial charge is 0.140 e. The van der Waals surface area contributed by atoms with Crippen molar-refractivity contribution in [2.24, 2.45) is 0 Å². The topological polar surface area (TPSA) is 25.6 Å². The van der Waals surface area contributed by atoms with Gasteiger partial charge in [-0.3, -0.25) is 0 Å². The second-order valence-electron chi connectivity index (χ2n) is 19.8. The third kappa shape index (κ3) is 5.33. The predicted octanol–water partition coefficient (Wildman–Crippen LogP) is 18.2. The van der Waals surface area contributed by atoms with Gasteiger partial charge in [-0.1, -0.05) is 218 Å². The fourth-order valence-corrected chi connectivity index (χ4v) is 13.5. The van der Waals surface area contributed by atoms with Crippen molar-refractivity contribution in [3.63, 3.8) is 0 Å². The van der Waals surface area contributed by atoms with E-state index >= 15 is 0 Å². The molecule has 340 valence electrons. The highest BCUT2D eigenvalue weighted by atomic mass is 16.5. The standard InChI is InChI=1S/C70H43NO2/c1-3-20-46(21-4-1)69(47-22-5-2-6-23-47)58-30-15-12-28-55(58)66-59(69)31-17-32-63(66)71(48-37-41-65-56(42-48)54-27-13-16-33-64(54)72-65)49-36-38-53-52-26-11-14-29-57(52)70(62(53)43-49)60-39-34-44-18-7-9-24-50(44)67(60)73-68-51-25-10-8-19-45(51)35-40-61(68)70/h1-43H. The number of hydrogen-bond donors (Lipinski definition) is 0. The monoisotopic (exact) mass is 929 g/mol. The average molecular weight is 930 g/mol. The number of hydrogen-bond acceptors (Lipinski definition) is 3. The second kappa shape index (κ2) is 15.0. The van der Waals surface area contributed by atoms with Crippen molar-refractivity contribution in [3.05, 3.63) is 305 Å². The van der Waals surface area contributed by atoms with Crippen LogP contribution in [-0.4, -0.2) is 0 Å². The summed E-state index contributed by atoms with van der Waals surface area (Å²) in [6.07, 6.45) is 0. The largest absolute Gasteiger partial charge is 0.456 e. The number of ether oxygens (including phenoxy) is 1. The maximum absolute atomic E-state index is 7.36. The predicted molar refractivity (Wildman–Crippen MR) is 298 cm³/mol. The molecule has 0 saturated carbocycles. The van der Waals surface area contributed by atoms with Crippen LogP contribution in [0.4, 0.5) is 17.1 Å². The number of fused-ring (bicyclic) bond motifs is 19. The molecule has 16 rings (SSSR count). The molecule has 0 amide bonds. The molecule has 0 N–H and O–H groups in total. The maximum atomic E-state index is 7.36. The van der Waals surface area contributed by atoms with Gasteiger partial charge in [0.05, 0.1) is 16.5 Å². The molecule has 1 spiro atoms. The molecule has 3 heteroatoms. The van der Waals surface area contributed by atoms with E-state index < -0.39 is 10.8 Å². The van der Waals surface area contributed by atoms with Gasteiger partial charge in [-0.05, 0) is 103 Å². The van der Waals surface area contributed by atoms with E-state index in [4.69, 9.17) is 9.15 Å². The molecular weight excluding hydrogens is 887 g/mol. The molecule has 2 heterocycles. The summed E-state index contributed by atoms with van der Waals surface area (Å²) in [5.41, 5.74) is 18.2. The summed E-state index contributed by atoms with van der Waals surface area (Å²) < 4.78 is 13.9. The van der Waals surface area contributed by atoms with E-state index in [1.54, 1.807) is 0 Å². The zero-order chi connectivity index (χ0) is 47.8. The van der Waals surface area contributed by atoms with E-state index in [1.165, 1.54) is 55.6 Å². The van der Waals surface area contributed by atoms with Crippen molar-refractivity contribution in [3.8, 4) is 33.8 Å². The molecule has 1 aliphatic heterocycles. The highest BCUT2D eigenvalue weighted by molar-refractivity contribution is 6.08. The normalized spacial score (nSPS) is 14.1. The summed E-state index contributed by atoms with van der Waals surface area (Å²) in [6, 6.07) is 96.1. The lowest BCUT2D eigenvalue weighted by molar-refractivity contribution is 0.447. The zero-order valence-electron chi connectivity index (χ0n) is 39.6. The highest BCUT2D eigenvalue weighted by Crippen LogP contribution is 2.65. The Balaban J connectivity index is 1.03. The van der Waals surface area contributed by atoms with Crippen molar-refractivity contribution in [1.29, 1.82) is 0 Å². The van der Waals surface area contributed by atoms with E-state index in [0.717, 1.165) is 83.2 Å². The van der Waals surface area contributed by atoms with Gasteiger partial charge in [0.15, 0.2) is 0 Å². The summed E-state index contributed by atoms with van der Waals surface area (Å²) in [6.45, 7) is 0. The van der Waals surface area contributed by atoms with Crippen molar-refractivity contribution in [1.82, 2.24) is 0 Å². The first kappa shape index (κ1) is 40.3. The van der Waals surface area contributed by atoms with Crippen LogP contribution >= 0.6 is 0 Å². The minimum Gasteiger partial charge on any atom is -0.456 e. The third-order valence-corrected chi connectivity index (χ3v) is 16.4. The summed E-state index contributed by atoms with van der Waals surface area (Å²) in [5, 5.41) is 6.66. The number of rotatable bonds is 5. The van der Waals surface area contributed by atoms with E-state index in [9.17, 15) is 0 Å². The number of para-hydroxylation sites is 1. The highest BCUT2D eigenvalue weighted by Gasteiger charge is 2.53. The van der Waals surface area contributed by atoms with E-state index in [1.807, 2.05) is 6.07 Å². The van der Waals surface area contributed by atoms with Crippen molar-refractivity contribution in [2.75, 3.05) is 4.90 Å². The average Bonchev–Trinajstić information content (AvgIpc) is 4.11.